The first-order valence-corrected chi connectivity index (χ1v) is 19.4. The summed E-state index contributed by atoms with van der Waals surface area (Å²) in [5.41, 5.74) is 12.7. The van der Waals surface area contributed by atoms with Gasteiger partial charge in [-0.1, -0.05) is 140 Å². The minimum atomic E-state index is 1.05. The van der Waals surface area contributed by atoms with Crippen molar-refractivity contribution in [3.63, 3.8) is 0 Å². The van der Waals surface area contributed by atoms with Gasteiger partial charge in [0.05, 0.1) is 15.9 Å². The first-order chi connectivity index (χ1) is 26.3. The van der Waals surface area contributed by atoms with Crippen LogP contribution >= 0.6 is 22.7 Å². The Labute approximate surface area is 316 Å². The molecule has 0 atom stereocenters. The van der Waals surface area contributed by atoms with Gasteiger partial charge < -0.3 is 4.90 Å². The monoisotopic (exact) mass is 712 g/mol. The van der Waals surface area contributed by atoms with E-state index in [-0.39, 0.29) is 0 Å². The van der Waals surface area contributed by atoms with Crippen LogP contribution < -0.4 is 4.90 Å². The molecule has 0 unspecified atom stereocenters. The molecule has 0 radical (unpaired) electrons. The number of hydrogen-bond donors (Lipinski definition) is 0. The van der Waals surface area contributed by atoms with E-state index >= 15 is 0 Å². The summed E-state index contributed by atoms with van der Waals surface area (Å²) in [6, 6.07) is 69.8. The summed E-state index contributed by atoms with van der Waals surface area (Å²) in [7, 11) is 0. The molecule has 0 spiro atoms. The first kappa shape index (κ1) is 31.4. The van der Waals surface area contributed by atoms with Crippen molar-refractivity contribution in [3.8, 4) is 44.0 Å². The highest BCUT2D eigenvalue weighted by Crippen LogP contribution is 2.46. The zero-order valence-corrected chi connectivity index (χ0v) is 30.3. The van der Waals surface area contributed by atoms with Crippen molar-refractivity contribution in [2.45, 2.75) is 0 Å². The fourth-order valence-electron chi connectivity index (χ4n) is 7.38. The largest absolute Gasteiger partial charge is 0.310 e. The molecule has 10 rings (SSSR count). The number of fused-ring (bicyclic) bond motifs is 4. The van der Waals surface area contributed by atoms with Gasteiger partial charge in [-0.2, -0.15) is 0 Å². The summed E-state index contributed by atoms with van der Waals surface area (Å²) in [5.74, 6) is 0. The predicted octanol–water partition coefficient (Wildman–Crippen LogP) is 14.8. The van der Waals surface area contributed by atoms with Gasteiger partial charge in [0, 0.05) is 42.7 Å². The van der Waals surface area contributed by atoms with Crippen LogP contribution in [0.25, 0.3) is 74.3 Å². The lowest BCUT2D eigenvalue weighted by Crippen LogP contribution is -2.11. The Kier molecular flexibility index (Phi) is 7.90. The van der Waals surface area contributed by atoms with Crippen molar-refractivity contribution in [3.05, 3.63) is 194 Å². The molecular weight excluding hydrogens is 681 g/mol. The van der Waals surface area contributed by atoms with Crippen molar-refractivity contribution in [2.75, 3.05) is 4.90 Å². The molecular formula is C49H32N2S2. The number of anilines is 3. The molecule has 0 aliphatic heterocycles. The third-order valence-electron chi connectivity index (χ3n) is 9.91. The molecule has 0 fully saturated rings. The summed E-state index contributed by atoms with van der Waals surface area (Å²) in [4.78, 5) is 7.48. The van der Waals surface area contributed by atoms with Gasteiger partial charge in [0.1, 0.15) is 5.01 Å². The highest BCUT2D eigenvalue weighted by molar-refractivity contribution is 7.26. The van der Waals surface area contributed by atoms with Crippen LogP contribution in [0.1, 0.15) is 0 Å². The van der Waals surface area contributed by atoms with E-state index in [0.717, 1.165) is 33.1 Å². The molecule has 2 nitrogen and oxygen atoms in total. The van der Waals surface area contributed by atoms with Crippen molar-refractivity contribution >= 4 is 70.1 Å². The molecule has 8 aromatic carbocycles. The fraction of sp³-hybridized carbons (Fsp3) is 0. The standard InChI is InChI=1S/C49H32N2S2/c1-5-14-33(15-6-1)34-24-27-39(28-25-34)51(38-20-11-4-12-21-38)44-29-26-37(30-41(44)35-16-7-2-8-17-35)40-22-13-23-45-48(40)42-31-43-47(32-46(42)52-45)53-49(50-43)36-18-9-3-10-19-36/h1-32H. The maximum Gasteiger partial charge on any atom is 0.124 e. The van der Waals surface area contributed by atoms with Crippen LogP contribution in [0.5, 0.6) is 0 Å². The van der Waals surface area contributed by atoms with Gasteiger partial charge in [0.25, 0.3) is 0 Å². The Morgan fingerprint density at radius 1 is 0.377 bits per heavy atom. The summed E-state index contributed by atoms with van der Waals surface area (Å²) in [6.07, 6.45) is 0. The Hall–Kier alpha value is -6.33. The van der Waals surface area contributed by atoms with Crippen LogP contribution in [0.3, 0.4) is 0 Å². The molecule has 0 saturated heterocycles. The van der Waals surface area contributed by atoms with Gasteiger partial charge in [-0.15, -0.1) is 22.7 Å². The highest BCUT2D eigenvalue weighted by atomic mass is 32.1. The molecule has 0 amide bonds. The smallest absolute Gasteiger partial charge is 0.124 e. The van der Waals surface area contributed by atoms with Gasteiger partial charge in [0.2, 0.25) is 0 Å². The lowest BCUT2D eigenvalue weighted by atomic mass is 9.94. The lowest BCUT2D eigenvalue weighted by molar-refractivity contribution is 1.28. The maximum absolute atomic E-state index is 5.10. The Balaban J connectivity index is 1.14. The number of nitrogens with zero attached hydrogens (tertiary/aromatic N) is 2. The normalized spacial score (nSPS) is 11.4. The SMILES string of the molecule is c1ccc(-c2ccc(N(c3ccccc3)c3ccc(-c4cccc5sc6cc7sc(-c8ccccc8)nc7cc6c45)cc3-c3ccccc3)cc2)cc1. The second-order valence-corrected chi connectivity index (χ2v) is 15.3. The Morgan fingerprint density at radius 2 is 0.981 bits per heavy atom. The van der Waals surface area contributed by atoms with Crippen molar-refractivity contribution in [2.24, 2.45) is 0 Å². The quantitative estimate of drug-likeness (QED) is 0.164. The molecule has 0 saturated carbocycles. The van der Waals surface area contributed by atoms with Gasteiger partial charge >= 0.3 is 0 Å². The van der Waals surface area contributed by atoms with E-state index in [2.05, 4.69) is 199 Å². The lowest BCUT2D eigenvalue weighted by Gasteiger charge is -2.28. The third-order valence-corrected chi connectivity index (χ3v) is 12.1. The minimum Gasteiger partial charge on any atom is -0.310 e. The summed E-state index contributed by atoms with van der Waals surface area (Å²) < 4.78 is 3.79. The molecule has 53 heavy (non-hydrogen) atoms. The number of thiophene rings is 1. The third kappa shape index (κ3) is 5.79. The van der Waals surface area contributed by atoms with Crippen molar-refractivity contribution in [1.82, 2.24) is 4.98 Å². The average Bonchev–Trinajstić information content (AvgIpc) is 3.82. The fourth-order valence-corrected chi connectivity index (χ4v) is 9.60. The zero-order chi connectivity index (χ0) is 35.1. The number of hydrogen-bond acceptors (Lipinski definition) is 4. The maximum atomic E-state index is 5.10. The van der Waals surface area contributed by atoms with Crippen LogP contribution in [0.2, 0.25) is 0 Å². The number of aromatic nitrogens is 1. The van der Waals surface area contributed by atoms with Gasteiger partial charge in [-0.05, 0) is 82.4 Å². The average molecular weight is 713 g/mol. The second-order valence-electron chi connectivity index (χ2n) is 13.2. The van der Waals surface area contributed by atoms with Gasteiger partial charge in [0.15, 0.2) is 0 Å². The van der Waals surface area contributed by atoms with Crippen LogP contribution in [0.4, 0.5) is 17.1 Å². The molecule has 2 aromatic heterocycles. The van der Waals surface area contributed by atoms with Crippen LogP contribution in [-0.2, 0) is 0 Å². The van der Waals surface area contributed by atoms with E-state index in [1.54, 1.807) is 11.3 Å². The van der Waals surface area contributed by atoms with E-state index in [4.69, 9.17) is 4.98 Å². The van der Waals surface area contributed by atoms with E-state index < -0.39 is 0 Å². The summed E-state index contributed by atoms with van der Waals surface area (Å²) in [6.45, 7) is 0. The van der Waals surface area contributed by atoms with E-state index in [1.165, 1.54) is 58.3 Å². The summed E-state index contributed by atoms with van der Waals surface area (Å²) in [5, 5.41) is 3.60. The molecule has 250 valence electrons. The molecule has 0 bridgehead atoms. The number of para-hydroxylation sites is 1. The second kappa shape index (κ2) is 13.3. The van der Waals surface area contributed by atoms with Crippen molar-refractivity contribution in [1.29, 1.82) is 0 Å². The first-order valence-electron chi connectivity index (χ1n) is 17.8. The predicted molar refractivity (Wildman–Crippen MR) is 229 cm³/mol. The highest BCUT2D eigenvalue weighted by Gasteiger charge is 2.20. The molecule has 4 heteroatoms. The summed E-state index contributed by atoms with van der Waals surface area (Å²) >= 11 is 3.63. The van der Waals surface area contributed by atoms with Crippen LogP contribution in [0, 0.1) is 0 Å². The number of benzene rings is 8. The van der Waals surface area contributed by atoms with Crippen molar-refractivity contribution < 1.29 is 0 Å². The van der Waals surface area contributed by atoms with E-state index in [1.807, 2.05) is 11.3 Å². The topological polar surface area (TPSA) is 16.1 Å². The Bertz CT molecular complexity index is 2860. The van der Waals surface area contributed by atoms with E-state index in [9.17, 15) is 0 Å². The van der Waals surface area contributed by atoms with Gasteiger partial charge in [-0.3, -0.25) is 0 Å². The molecule has 0 aliphatic carbocycles. The molecule has 10 aromatic rings. The molecule has 0 aliphatic rings. The number of rotatable bonds is 7. The molecule has 0 N–H and O–H groups in total. The van der Waals surface area contributed by atoms with Crippen LogP contribution in [0.15, 0.2) is 194 Å². The number of thiazole rings is 1. The Morgan fingerprint density at radius 3 is 1.70 bits per heavy atom. The minimum absolute atomic E-state index is 1.05. The molecule has 2 heterocycles. The zero-order valence-electron chi connectivity index (χ0n) is 28.7. The van der Waals surface area contributed by atoms with Crippen LogP contribution in [-0.4, -0.2) is 4.98 Å². The van der Waals surface area contributed by atoms with Gasteiger partial charge in [-0.25, -0.2) is 4.98 Å². The van der Waals surface area contributed by atoms with E-state index in [0.29, 0.717) is 0 Å².